The minimum absolute atomic E-state index is 0.0686. The zero-order valence-electron chi connectivity index (χ0n) is 11.1. The number of hydrogen-bond acceptors (Lipinski definition) is 4. The molecule has 0 bridgehead atoms. The molecule has 6 nitrogen and oxygen atoms in total. The van der Waals surface area contributed by atoms with Gasteiger partial charge in [0.1, 0.15) is 6.04 Å². The largest absolute Gasteiger partial charge is 0.391 e. The van der Waals surface area contributed by atoms with Gasteiger partial charge in [0.05, 0.1) is 6.10 Å². The first kappa shape index (κ1) is 17.1. The SMILES string of the molecule is CSCCC(NC(N)=O)C(=O)NCC(O)C(C)C. The van der Waals surface area contributed by atoms with E-state index in [9.17, 15) is 14.7 Å². The number of hydrogen-bond donors (Lipinski definition) is 4. The summed E-state index contributed by atoms with van der Waals surface area (Å²) in [6.45, 7) is 3.90. The first-order valence-electron chi connectivity index (χ1n) is 5.89. The van der Waals surface area contributed by atoms with Crippen LogP contribution in [0.3, 0.4) is 0 Å². The maximum absolute atomic E-state index is 11.8. The van der Waals surface area contributed by atoms with Gasteiger partial charge in [-0.05, 0) is 24.3 Å². The third kappa shape index (κ3) is 7.39. The lowest BCUT2D eigenvalue weighted by molar-refractivity contribution is -0.123. The van der Waals surface area contributed by atoms with E-state index in [-0.39, 0.29) is 18.4 Å². The first-order chi connectivity index (χ1) is 8.38. The smallest absolute Gasteiger partial charge is 0.312 e. The zero-order chi connectivity index (χ0) is 14.1. The lowest BCUT2D eigenvalue weighted by atomic mass is 10.1. The molecule has 0 fully saturated rings. The van der Waals surface area contributed by atoms with Crippen molar-refractivity contribution in [3.8, 4) is 0 Å². The summed E-state index contributed by atoms with van der Waals surface area (Å²) in [6.07, 6.45) is 1.83. The van der Waals surface area contributed by atoms with E-state index >= 15 is 0 Å². The molecule has 0 saturated carbocycles. The fourth-order valence-corrected chi connectivity index (χ4v) is 1.71. The van der Waals surface area contributed by atoms with Crippen molar-refractivity contribution in [2.75, 3.05) is 18.6 Å². The van der Waals surface area contributed by atoms with Crippen LogP contribution in [0.5, 0.6) is 0 Å². The van der Waals surface area contributed by atoms with Crippen molar-refractivity contribution in [3.63, 3.8) is 0 Å². The molecule has 2 atom stereocenters. The molecule has 18 heavy (non-hydrogen) atoms. The Morgan fingerprint density at radius 1 is 1.39 bits per heavy atom. The van der Waals surface area contributed by atoms with Crippen molar-refractivity contribution >= 4 is 23.7 Å². The maximum Gasteiger partial charge on any atom is 0.312 e. The van der Waals surface area contributed by atoms with E-state index in [1.54, 1.807) is 11.8 Å². The topological polar surface area (TPSA) is 104 Å². The Hall–Kier alpha value is -0.950. The number of amides is 3. The van der Waals surface area contributed by atoms with Crippen LogP contribution in [0.4, 0.5) is 4.79 Å². The number of nitrogens with one attached hydrogen (secondary N) is 2. The van der Waals surface area contributed by atoms with E-state index in [1.165, 1.54) is 0 Å². The standard InChI is InChI=1S/C11H23N3O3S/c1-7(2)9(15)6-13-10(16)8(4-5-18-3)14-11(12)17/h7-9,15H,4-6H2,1-3H3,(H,13,16)(H3,12,14,17). The second-order valence-electron chi connectivity index (χ2n) is 4.40. The van der Waals surface area contributed by atoms with Gasteiger partial charge in [-0.2, -0.15) is 11.8 Å². The number of urea groups is 1. The van der Waals surface area contributed by atoms with E-state index in [2.05, 4.69) is 10.6 Å². The predicted octanol–water partition coefficient (Wildman–Crippen LogP) is -0.0905. The predicted molar refractivity (Wildman–Crippen MR) is 73.4 cm³/mol. The number of nitrogens with two attached hydrogens (primary N) is 1. The summed E-state index contributed by atoms with van der Waals surface area (Å²) in [5.41, 5.74) is 5.02. The summed E-state index contributed by atoms with van der Waals surface area (Å²) in [6, 6.07) is -1.37. The van der Waals surface area contributed by atoms with Gasteiger partial charge in [0.2, 0.25) is 5.91 Å². The number of aliphatic hydroxyl groups is 1. The Morgan fingerprint density at radius 2 is 2.00 bits per heavy atom. The Bertz CT molecular complexity index is 274. The van der Waals surface area contributed by atoms with Crippen molar-refractivity contribution in [3.05, 3.63) is 0 Å². The number of primary amides is 1. The van der Waals surface area contributed by atoms with Crippen LogP contribution >= 0.6 is 11.8 Å². The summed E-state index contributed by atoms with van der Waals surface area (Å²) in [7, 11) is 0. The molecule has 7 heteroatoms. The highest BCUT2D eigenvalue weighted by Crippen LogP contribution is 2.02. The molecule has 0 aliphatic carbocycles. The third-order valence-corrected chi connectivity index (χ3v) is 3.14. The van der Waals surface area contributed by atoms with Crippen molar-refractivity contribution < 1.29 is 14.7 Å². The molecule has 0 aromatic carbocycles. The van der Waals surface area contributed by atoms with Gasteiger partial charge in [-0.3, -0.25) is 4.79 Å². The van der Waals surface area contributed by atoms with Gasteiger partial charge < -0.3 is 21.5 Å². The van der Waals surface area contributed by atoms with Gasteiger partial charge in [-0.25, -0.2) is 4.79 Å². The van der Waals surface area contributed by atoms with Gasteiger partial charge in [0.15, 0.2) is 0 Å². The van der Waals surface area contributed by atoms with Gasteiger partial charge in [0.25, 0.3) is 0 Å². The molecule has 106 valence electrons. The fraction of sp³-hybridized carbons (Fsp3) is 0.818. The van der Waals surface area contributed by atoms with Gasteiger partial charge in [-0.1, -0.05) is 13.8 Å². The highest BCUT2D eigenvalue weighted by molar-refractivity contribution is 7.98. The second-order valence-corrected chi connectivity index (χ2v) is 5.38. The van der Waals surface area contributed by atoms with E-state index in [0.29, 0.717) is 6.42 Å². The molecule has 0 radical (unpaired) electrons. The average molecular weight is 277 g/mol. The van der Waals surface area contributed by atoms with Crippen molar-refractivity contribution in [1.82, 2.24) is 10.6 Å². The molecule has 0 heterocycles. The number of thioether (sulfide) groups is 1. The third-order valence-electron chi connectivity index (χ3n) is 2.50. The van der Waals surface area contributed by atoms with Crippen LogP contribution < -0.4 is 16.4 Å². The Kier molecular flexibility index (Phi) is 8.57. The van der Waals surface area contributed by atoms with Crippen molar-refractivity contribution in [2.45, 2.75) is 32.4 Å². The normalized spacial score (nSPS) is 14.1. The molecule has 0 spiro atoms. The molecule has 0 aromatic rings. The summed E-state index contributed by atoms with van der Waals surface area (Å²) in [5.74, 6) is 0.493. The Balaban J connectivity index is 4.23. The van der Waals surface area contributed by atoms with Crippen LogP contribution in [-0.2, 0) is 4.79 Å². The van der Waals surface area contributed by atoms with Crippen LogP contribution in [0.1, 0.15) is 20.3 Å². The molecule has 0 rings (SSSR count). The van der Waals surface area contributed by atoms with Crippen LogP contribution in [-0.4, -0.2) is 47.7 Å². The lowest BCUT2D eigenvalue weighted by Crippen LogP contribution is -2.50. The summed E-state index contributed by atoms with van der Waals surface area (Å²) < 4.78 is 0. The van der Waals surface area contributed by atoms with Gasteiger partial charge in [-0.15, -0.1) is 0 Å². The number of rotatable bonds is 8. The zero-order valence-corrected chi connectivity index (χ0v) is 11.9. The number of carbonyl (C=O) groups is 2. The average Bonchev–Trinajstić information content (AvgIpc) is 2.30. The first-order valence-corrected chi connectivity index (χ1v) is 7.28. The van der Waals surface area contributed by atoms with Gasteiger partial charge >= 0.3 is 6.03 Å². The van der Waals surface area contributed by atoms with E-state index in [0.717, 1.165) is 5.75 Å². The second kappa shape index (κ2) is 9.04. The van der Waals surface area contributed by atoms with Crippen LogP contribution in [0, 0.1) is 5.92 Å². The van der Waals surface area contributed by atoms with Gasteiger partial charge in [0, 0.05) is 6.54 Å². The van der Waals surface area contributed by atoms with E-state index in [4.69, 9.17) is 5.73 Å². The van der Waals surface area contributed by atoms with Crippen LogP contribution in [0.25, 0.3) is 0 Å². The number of carbonyl (C=O) groups excluding carboxylic acids is 2. The lowest BCUT2D eigenvalue weighted by Gasteiger charge is -2.19. The summed E-state index contributed by atoms with van der Waals surface area (Å²) in [4.78, 5) is 22.6. The highest BCUT2D eigenvalue weighted by Gasteiger charge is 2.20. The summed E-state index contributed by atoms with van der Waals surface area (Å²) >= 11 is 1.58. The molecule has 3 amide bonds. The molecular formula is C11H23N3O3S. The molecule has 5 N–H and O–H groups in total. The minimum Gasteiger partial charge on any atom is -0.391 e. The Morgan fingerprint density at radius 3 is 2.44 bits per heavy atom. The monoisotopic (exact) mass is 277 g/mol. The molecule has 0 aliphatic rings. The van der Waals surface area contributed by atoms with Crippen LogP contribution in [0.15, 0.2) is 0 Å². The quantitative estimate of drug-likeness (QED) is 0.497. The number of aliphatic hydroxyl groups excluding tert-OH is 1. The molecule has 0 aliphatic heterocycles. The maximum atomic E-state index is 11.8. The highest BCUT2D eigenvalue weighted by atomic mass is 32.2. The van der Waals surface area contributed by atoms with Crippen molar-refractivity contribution in [1.29, 1.82) is 0 Å². The Labute approximate surface area is 112 Å². The van der Waals surface area contributed by atoms with E-state index < -0.39 is 18.2 Å². The fourth-order valence-electron chi connectivity index (χ4n) is 1.24. The summed E-state index contributed by atoms with van der Waals surface area (Å²) in [5, 5.41) is 14.6. The molecule has 0 saturated heterocycles. The van der Waals surface area contributed by atoms with Crippen LogP contribution in [0.2, 0.25) is 0 Å². The minimum atomic E-state index is -0.722. The van der Waals surface area contributed by atoms with Crippen molar-refractivity contribution in [2.24, 2.45) is 11.7 Å². The molecular weight excluding hydrogens is 254 g/mol. The van der Waals surface area contributed by atoms with E-state index in [1.807, 2.05) is 20.1 Å². The molecule has 2 unspecified atom stereocenters. The molecule has 0 aromatic heterocycles.